The highest BCUT2D eigenvalue weighted by Crippen LogP contribution is 2.43. The van der Waals surface area contributed by atoms with Crippen LogP contribution < -0.4 is 10.1 Å². The lowest BCUT2D eigenvalue weighted by molar-refractivity contribution is -0.144. The van der Waals surface area contributed by atoms with Crippen LogP contribution in [0.15, 0.2) is 48.5 Å². The Morgan fingerprint density at radius 3 is 2.65 bits per heavy atom. The number of rotatable bonds is 11. The molecule has 0 aliphatic carbocycles. The summed E-state index contributed by atoms with van der Waals surface area (Å²) in [5.74, 6) is -0.923. The van der Waals surface area contributed by atoms with Crippen molar-refractivity contribution in [1.29, 1.82) is 0 Å². The van der Waals surface area contributed by atoms with Crippen molar-refractivity contribution in [1.82, 2.24) is 9.62 Å². The minimum Gasteiger partial charge on any atom is -0.487 e. The molecule has 2 aromatic rings. The third kappa shape index (κ3) is 7.01. The molecule has 1 atom stereocenters. The summed E-state index contributed by atoms with van der Waals surface area (Å²) >= 11 is 0. The molecule has 9 heteroatoms. The van der Waals surface area contributed by atoms with Crippen LogP contribution in [-0.2, 0) is 26.0 Å². The Labute approximate surface area is 201 Å². The maximum absolute atomic E-state index is 14.0. The number of benzene rings is 2. The molecule has 3 rings (SSSR count). The number of hydrogen-bond donors (Lipinski definition) is 1. The van der Waals surface area contributed by atoms with Gasteiger partial charge < -0.3 is 14.8 Å². The SMILES string of the molecule is CCS(=O)(=O)N(CC(=O)OCCNCCc1ccccc1)C1CC(C)(C)Oc2ccc(F)cc21. The van der Waals surface area contributed by atoms with Crippen LogP contribution in [-0.4, -0.2) is 56.3 Å². The number of fused-ring (bicyclic) bond motifs is 1. The van der Waals surface area contributed by atoms with Crippen LogP contribution in [0.5, 0.6) is 5.75 Å². The van der Waals surface area contributed by atoms with Gasteiger partial charge in [0.1, 0.15) is 30.3 Å². The second-order valence-electron chi connectivity index (χ2n) is 8.92. The molecule has 186 valence electrons. The normalized spacial score (nSPS) is 17.1. The molecule has 34 heavy (non-hydrogen) atoms. The van der Waals surface area contributed by atoms with E-state index in [1.807, 2.05) is 44.2 Å². The zero-order chi connectivity index (χ0) is 24.8. The van der Waals surface area contributed by atoms with E-state index in [4.69, 9.17) is 9.47 Å². The van der Waals surface area contributed by atoms with E-state index in [0.717, 1.165) is 17.3 Å². The predicted octanol–water partition coefficient (Wildman–Crippen LogP) is 3.46. The van der Waals surface area contributed by atoms with E-state index in [-0.39, 0.29) is 18.8 Å². The van der Waals surface area contributed by atoms with Crippen molar-refractivity contribution in [3.63, 3.8) is 0 Å². The lowest BCUT2D eigenvalue weighted by Crippen LogP contribution is -2.46. The molecular weight excluding hydrogens is 459 g/mol. The van der Waals surface area contributed by atoms with E-state index in [0.29, 0.717) is 17.9 Å². The van der Waals surface area contributed by atoms with Gasteiger partial charge in [0, 0.05) is 18.5 Å². The summed E-state index contributed by atoms with van der Waals surface area (Å²) in [6.45, 7) is 6.05. The molecular formula is C25H33FN2O5S. The summed E-state index contributed by atoms with van der Waals surface area (Å²) in [6, 6.07) is 13.3. The minimum atomic E-state index is -3.79. The third-order valence-electron chi connectivity index (χ3n) is 5.73. The van der Waals surface area contributed by atoms with Gasteiger partial charge in [0.25, 0.3) is 0 Å². The summed E-state index contributed by atoms with van der Waals surface area (Å²) in [4.78, 5) is 12.6. The van der Waals surface area contributed by atoms with Crippen molar-refractivity contribution in [3.8, 4) is 5.75 Å². The number of nitrogens with one attached hydrogen (secondary N) is 1. The quantitative estimate of drug-likeness (QED) is 0.382. The zero-order valence-electron chi connectivity index (χ0n) is 19.9. The molecule has 0 amide bonds. The highest BCUT2D eigenvalue weighted by Gasteiger charge is 2.41. The third-order valence-corrected chi connectivity index (χ3v) is 7.56. The number of nitrogens with zero attached hydrogens (tertiary/aromatic N) is 1. The predicted molar refractivity (Wildman–Crippen MR) is 129 cm³/mol. The molecule has 0 fully saturated rings. The van der Waals surface area contributed by atoms with Gasteiger partial charge in [0.05, 0.1) is 11.8 Å². The fourth-order valence-corrected chi connectivity index (χ4v) is 5.23. The van der Waals surface area contributed by atoms with E-state index >= 15 is 0 Å². The summed E-state index contributed by atoms with van der Waals surface area (Å²) in [7, 11) is -3.79. The van der Waals surface area contributed by atoms with Crippen molar-refractivity contribution < 1.29 is 27.1 Å². The molecule has 1 unspecified atom stereocenters. The van der Waals surface area contributed by atoms with Crippen molar-refractivity contribution in [2.45, 2.75) is 45.3 Å². The van der Waals surface area contributed by atoms with Crippen molar-refractivity contribution in [2.24, 2.45) is 0 Å². The van der Waals surface area contributed by atoms with Crippen LogP contribution in [0, 0.1) is 5.82 Å². The largest absolute Gasteiger partial charge is 0.487 e. The van der Waals surface area contributed by atoms with E-state index < -0.39 is 40.0 Å². The molecule has 0 saturated heterocycles. The molecule has 7 nitrogen and oxygen atoms in total. The summed E-state index contributed by atoms with van der Waals surface area (Å²) in [5, 5.41) is 3.21. The molecule has 0 aromatic heterocycles. The van der Waals surface area contributed by atoms with E-state index in [9.17, 15) is 17.6 Å². The van der Waals surface area contributed by atoms with Gasteiger partial charge in [-0.2, -0.15) is 4.31 Å². The summed E-state index contributed by atoms with van der Waals surface area (Å²) in [5.41, 5.74) is 0.930. The van der Waals surface area contributed by atoms with Crippen LogP contribution in [0.4, 0.5) is 4.39 Å². The monoisotopic (exact) mass is 492 g/mol. The van der Waals surface area contributed by atoms with Gasteiger partial charge in [0.15, 0.2) is 0 Å². The average molecular weight is 493 g/mol. The van der Waals surface area contributed by atoms with Gasteiger partial charge in [-0.3, -0.25) is 4.79 Å². The Morgan fingerprint density at radius 1 is 1.21 bits per heavy atom. The van der Waals surface area contributed by atoms with E-state index in [1.54, 1.807) is 0 Å². The number of halogens is 1. The van der Waals surface area contributed by atoms with Gasteiger partial charge in [-0.15, -0.1) is 0 Å². The molecule has 1 aliphatic heterocycles. The lowest BCUT2D eigenvalue weighted by atomic mass is 9.89. The van der Waals surface area contributed by atoms with Gasteiger partial charge in [-0.1, -0.05) is 30.3 Å². The highest BCUT2D eigenvalue weighted by molar-refractivity contribution is 7.89. The fourth-order valence-electron chi connectivity index (χ4n) is 4.03. The van der Waals surface area contributed by atoms with Crippen LogP contribution in [0.3, 0.4) is 0 Å². The number of carbonyl (C=O) groups is 1. The van der Waals surface area contributed by atoms with Crippen molar-refractivity contribution in [3.05, 3.63) is 65.5 Å². The van der Waals surface area contributed by atoms with Gasteiger partial charge >= 0.3 is 5.97 Å². The van der Waals surface area contributed by atoms with E-state index in [2.05, 4.69) is 5.32 Å². The van der Waals surface area contributed by atoms with Gasteiger partial charge in [-0.05, 0) is 57.5 Å². The number of esters is 1. The first-order valence-electron chi connectivity index (χ1n) is 11.5. The van der Waals surface area contributed by atoms with Crippen LogP contribution in [0.2, 0.25) is 0 Å². The Morgan fingerprint density at radius 2 is 1.94 bits per heavy atom. The zero-order valence-corrected chi connectivity index (χ0v) is 20.7. The molecule has 0 spiro atoms. The second kappa shape index (κ2) is 11.3. The van der Waals surface area contributed by atoms with Crippen LogP contribution in [0.1, 0.15) is 44.4 Å². The average Bonchev–Trinajstić information content (AvgIpc) is 2.80. The van der Waals surface area contributed by atoms with E-state index in [1.165, 1.54) is 30.7 Å². The van der Waals surface area contributed by atoms with Crippen molar-refractivity contribution >= 4 is 16.0 Å². The Hall–Kier alpha value is -2.49. The molecule has 0 bridgehead atoms. The van der Waals surface area contributed by atoms with Crippen LogP contribution in [0.25, 0.3) is 0 Å². The van der Waals surface area contributed by atoms with Crippen molar-refractivity contribution in [2.75, 3.05) is 32.0 Å². The minimum absolute atomic E-state index is 0.123. The fraction of sp³-hybridized carbons (Fsp3) is 0.480. The number of sulfonamides is 1. The first-order valence-corrected chi connectivity index (χ1v) is 13.1. The second-order valence-corrected chi connectivity index (χ2v) is 11.1. The number of carbonyl (C=O) groups excluding carboxylic acids is 1. The molecule has 1 N–H and O–H groups in total. The summed E-state index contributed by atoms with van der Waals surface area (Å²) < 4.78 is 52.3. The Kier molecular flexibility index (Phi) is 8.67. The number of ether oxygens (including phenoxy) is 2. The smallest absolute Gasteiger partial charge is 0.321 e. The number of hydrogen-bond acceptors (Lipinski definition) is 6. The van der Waals surface area contributed by atoms with Gasteiger partial charge in [0.2, 0.25) is 10.0 Å². The molecule has 1 aliphatic rings. The Balaban J connectivity index is 1.62. The molecule has 2 aromatic carbocycles. The van der Waals surface area contributed by atoms with Crippen LogP contribution >= 0.6 is 0 Å². The maximum Gasteiger partial charge on any atom is 0.321 e. The standard InChI is InChI=1S/C25H33FN2O5S/c1-4-34(30,31)28(22-17-25(2,3)33-23-11-10-20(26)16-21(22)23)18-24(29)32-15-14-27-13-12-19-8-6-5-7-9-19/h5-11,16,22,27H,4,12-15,17-18H2,1-3H3. The molecule has 0 saturated carbocycles. The summed E-state index contributed by atoms with van der Waals surface area (Å²) in [6.07, 6.45) is 1.13. The lowest BCUT2D eigenvalue weighted by Gasteiger charge is -2.41. The maximum atomic E-state index is 14.0. The highest BCUT2D eigenvalue weighted by atomic mass is 32.2. The first kappa shape index (κ1) is 26.1. The molecule has 0 radical (unpaired) electrons. The van der Waals surface area contributed by atoms with Gasteiger partial charge in [-0.25, -0.2) is 12.8 Å². The topological polar surface area (TPSA) is 84.9 Å². The first-order chi connectivity index (χ1) is 16.1. The molecule has 1 heterocycles. The Bertz CT molecular complexity index is 1080.